The molecular weight excluding hydrogens is 213 g/mol. The lowest BCUT2D eigenvalue weighted by atomic mass is 10.3. The highest BCUT2D eigenvalue weighted by molar-refractivity contribution is 5.10. The van der Waals surface area contributed by atoms with Gasteiger partial charge in [0.05, 0.1) is 12.7 Å². The second-order valence-electron chi connectivity index (χ2n) is 3.22. The van der Waals surface area contributed by atoms with Crippen LogP contribution in [0.4, 0.5) is 4.39 Å². The molecule has 0 saturated carbocycles. The molecule has 2 aromatic rings. The highest BCUT2D eigenvalue weighted by Gasteiger charge is 2.02. The van der Waals surface area contributed by atoms with Gasteiger partial charge in [0, 0.05) is 18.5 Å². The van der Waals surface area contributed by atoms with Crippen molar-refractivity contribution in [2.45, 2.75) is 6.54 Å². The maximum Gasteiger partial charge on any atom is 0.328 e. The lowest BCUT2D eigenvalue weighted by Crippen LogP contribution is -2.34. The van der Waals surface area contributed by atoms with E-state index in [1.807, 2.05) is 0 Å². The van der Waals surface area contributed by atoms with Crippen LogP contribution in [0.25, 0.3) is 0 Å². The SMILES string of the molecule is O=c1cc[nH]c(=O)n1Cc1cncc(F)c1. The molecule has 6 heteroatoms. The molecule has 0 aliphatic rings. The molecule has 5 nitrogen and oxygen atoms in total. The van der Waals surface area contributed by atoms with Gasteiger partial charge in [0.1, 0.15) is 5.82 Å². The molecule has 2 aromatic heterocycles. The van der Waals surface area contributed by atoms with Crippen LogP contribution in [0.15, 0.2) is 40.3 Å². The first-order valence-electron chi connectivity index (χ1n) is 4.55. The fourth-order valence-corrected chi connectivity index (χ4v) is 1.33. The summed E-state index contributed by atoms with van der Waals surface area (Å²) in [5, 5.41) is 0. The zero-order valence-electron chi connectivity index (χ0n) is 8.18. The van der Waals surface area contributed by atoms with Crippen molar-refractivity contribution in [3.63, 3.8) is 0 Å². The molecule has 0 saturated heterocycles. The van der Waals surface area contributed by atoms with E-state index in [0.29, 0.717) is 5.56 Å². The van der Waals surface area contributed by atoms with E-state index in [1.54, 1.807) is 0 Å². The van der Waals surface area contributed by atoms with E-state index in [4.69, 9.17) is 0 Å². The summed E-state index contributed by atoms with van der Waals surface area (Å²) in [4.78, 5) is 28.7. The van der Waals surface area contributed by atoms with Crippen LogP contribution in [0, 0.1) is 5.82 Å². The van der Waals surface area contributed by atoms with Gasteiger partial charge in [0.2, 0.25) is 0 Å². The quantitative estimate of drug-likeness (QED) is 0.783. The first-order chi connectivity index (χ1) is 7.66. The number of hydrogen-bond acceptors (Lipinski definition) is 3. The molecule has 82 valence electrons. The smallest absolute Gasteiger partial charge is 0.314 e. The van der Waals surface area contributed by atoms with E-state index < -0.39 is 17.1 Å². The lowest BCUT2D eigenvalue weighted by molar-refractivity contribution is 0.613. The third kappa shape index (κ3) is 2.05. The van der Waals surface area contributed by atoms with E-state index in [2.05, 4.69) is 9.97 Å². The van der Waals surface area contributed by atoms with Gasteiger partial charge in [-0.1, -0.05) is 0 Å². The van der Waals surface area contributed by atoms with Crippen molar-refractivity contribution in [3.05, 3.63) is 62.9 Å². The number of H-pyrrole nitrogens is 1. The molecule has 0 aliphatic heterocycles. The molecule has 0 unspecified atom stereocenters. The number of aromatic nitrogens is 3. The summed E-state index contributed by atoms with van der Waals surface area (Å²) in [5.41, 5.74) is -0.511. The van der Waals surface area contributed by atoms with Crippen LogP contribution in [-0.2, 0) is 6.54 Å². The van der Waals surface area contributed by atoms with Crippen molar-refractivity contribution in [3.8, 4) is 0 Å². The highest BCUT2D eigenvalue weighted by Crippen LogP contribution is 2.00. The molecule has 0 amide bonds. The van der Waals surface area contributed by atoms with Crippen LogP contribution in [0.5, 0.6) is 0 Å². The second-order valence-corrected chi connectivity index (χ2v) is 3.22. The van der Waals surface area contributed by atoms with Crippen molar-refractivity contribution >= 4 is 0 Å². The largest absolute Gasteiger partial charge is 0.328 e. The first-order valence-corrected chi connectivity index (χ1v) is 4.55. The summed E-state index contributed by atoms with van der Waals surface area (Å²) >= 11 is 0. The Hall–Kier alpha value is -2.24. The molecule has 0 aliphatic carbocycles. The zero-order chi connectivity index (χ0) is 11.5. The molecule has 0 radical (unpaired) electrons. The average Bonchev–Trinajstić information content (AvgIpc) is 2.24. The van der Waals surface area contributed by atoms with Gasteiger partial charge in [-0.05, 0) is 11.6 Å². The average molecular weight is 221 g/mol. The molecule has 16 heavy (non-hydrogen) atoms. The summed E-state index contributed by atoms with van der Waals surface area (Å²) < 4.78 is 13.8. The third-order valence-electron chi connectivity index (χ3n) is 2.05. The van der Waals surface area contributed by atoms with Crippen LogP contribution in [-0.4, -0.2) is 14.5 Å². The van der Waals surface area contributed by atoms with E-state index in [0.717, 1.165) is 10.8 Å². The Labute approximate surface area is 89.2 Å². The zero-order valence-corrected chi connectivity index (χ0v) is 8.18. The molecule has 0 spiro atoms. The maximum absolute atomic E-state index is 12.8. The summed E-state index contributed by atoms with van der Waals surface area (Å²) in [6, 6.07) is 2.46. The van der Waals surface area contributed by atoms with Gasteiger partial charge in [0.15, 0.2) is 0 Å². The number of halogens is 1. The Kier molecular flexibility index (Phi) is 2.63. The van der Waals surface area contributed by atoms with Crippen LogP contribution >= 0.6 is 0 Å². The predicted molar refractivity (Wildman–Crippen MR) is 54.6 cm³/mol. The van der Waals surface area contributed by atoms with Gasteiger partial charge in [-0.15, -0.1) is 0 Å². The fraction of sp³-hybridized carbons (Fsp3) is 0.100. The first kappa shape index (κ1) is 10.3. The summed E-state index contributed by atoms with van der Waals surface area (Å²) in [5.74, 6) is -0.502. The number of rotatable bonds is 2. The Morgan fingerprint density at radius 2 is 2.19 bits per heavy atom. The number of aromatic amines is 1. The van der Waals surface area contributed by atoms with Crippen molar-refractivity contribution in [2.24, 2.45) is 0 Å². The third-order valence-corrected chi connectivity index (χ3v) is 2.05. The highest BCUT2D eigenvalue weighted by atomic mass is 19.1. The van der Waals surface area contributed by atoms with E-state index >= 15 is 0 Å². The van der Waals surface area contributed by atoms with Gasteiger partial charge >= 0.3 is 5.69 Å². The monoisotopic (exact) mass is 221 g/mol. The van der Waals surface area contributed by atoms with Crippen LogP contribution in [0.3, 0.4) is 0 Å². The minimum atomic E-state index is -0.531. The maximum atomic E-state index is 12.8. The standard InChI is InChI=1S/C10H8FN3O2/c11-8-3-7(4-12-5-8)6-14-9(15)1-2-13-10(14)16/h1-5H,6H2,(H,13,16). The fourth-order valence-electron chi connectivity index (χ4n) is 1.33. The van der Waals surface area contributed by atoms with Crippen molar-refractivity contribution < 1.29 is 4.39 Å². The Balaban J connectivity index is 2.42. The van der Waals surface area contributed by atoms with Gasteiger partial charge in [-0.25, -0.2) is 9.18 Å². The Morgan fingerprint density at radius 1 is 1.38 bits per heavy atom. The van der Waals surface area contributed by atoms with Gasteiger partial charge < -0.3 is 4.98 Å². The molecule has 0 bridgehead atoms. The summed E-state index contributed by atoms with van der Waals surface area (Å²) in [7, 11) is 0. The number of pyridine rings is 1. The van der Waals surface area contributed by atoms with E-state index in [9.17, 15) is 14.0 Å². The minimum absolute atomic E-state index is 0.000231. The van der Waals surface area contributed by atoms with Crippen molar-refractivity contribution in [1.29, 1.82) is 0 Å². The summed E-state index contributed by atoms with van der Waals surface area (Å²) in [6.45, 7) is -0.000231. The molecule has 0 fully saturated rings. The number of hydrogen-bond donors (Lipinski definition) is 1. The Bertz CT molecular complexity index is 589. The number of nitrogens with zero attached hydrogens (tertiary/aromatic N) is 2. The van der Waals surface area contributed by atoms with Crippen molar-refractivity contribution in [1.82, 2.24) is 14.5 Å². The van der Waals surface area contributed by atoms with E-state index in [1.165, 1.54) is 24.5 Å². The Morgan fingerprint density at radius 3 is 2.88 bits per heavy atom. The molecule has 2 heterocycles. The normalized spacial score (nSPS) is 10.3. The van der Waals surface area contributed by atoms with Gasteiger partial charge in [-0.2, -0.15) is 0 Å². The molecule has 1 N–H and O–H groups in total. The van der Waals surface area contributed by atoms with Crippen LogP contribution in [0.1, 0.15) is 5.56 Å². The second kappa shape index (κ2) is 4.09. The van der Waals surface area contributed by atoms with Gasteiger partial charge in [-0.3, -0.25) is 14.3 Å². The van der Waals surface area contributed by atoms with E-state index in [-0.39, 0.29) is 6.54 Å². The topological polar surface area (TPSA) is 67.8 Å². The lowest BCUT2D eigenvalue weighted by Gasteiger charge is -2.03. The number of nitrogens with one attached hydrogen (secondary N) is 1. The molecule has 0 atom stereocenters. The minimum Gasteiger partial charge on any atom is -0.314 e. The molecular formula is C10H8FN3O2. The summed E-state index contributed by atoms with van der Waals surface area (Å²) in [6.07, 6.45) is 3.73. The van der Waals surface area contributed by atoms with Gasteiger partial charge in [0.25, 0.3) is 5.56 Å². The molecule has 2 rings (SSSR count). The molecule has 0 aromatic carbocycles. The predicted octanol–water partition coefficient (Wildman–Crippen LogP) is 0.119. The van der Waals surface area contributed by atoms with Crippen LogP contribution < -0.4 is 11.2 Å². The van der Waals surface area contributed by atoms with Crippen molar-refractivity contribution in [2.75, 3.05) is 0 Å². The van der Waals surface area contributed by atoms with Crippen LogP contribution in [0.2, 0.25) is 0 Å².